The second-order valence-electron chi connectivity index (χ2n) is 7.65. The zero-order valence-corrected chi connectivity index (χ0v) is 14.7. The van der Waals surface area contributed by atoms with Crippen molar-refractivity contribution < 1.29 is 9.90 Å². The fraction of sp³-hybridized carbons (Fsp3) is 0.579. The number of rotatable bonds is 8. The number of nitrogens with zero attached hydrogens (tertiary/aromatic N) is 3. The number of aliphatic carboxylic acids is 1. The van der Waals surface area contributed by atoms with E-state index >= 15 is 0 Å². The Morgan fingerprint density at radius 2 is 2.20 bits per heavy atom. The lowest BCUT2D eigenvalue weighted by atomic mass is 9.85. The topological polar surface area (TPSA) is 70.4 Å². The number of nitrogens with one attached hydrogen (secondary N) is 1. The molecule has 2 saturated carbocycles. The Balaban J connectivity index is 1.27. The Bertz CT molecular complexity index is 762. The summed E-state index contributed by atoms with van der Waals surface area (Å²) >= 11 is 0. The normalized spacial score (nSPS) is 23.1. The first-order valence-corrected chi connectivity index (χ1v) is 9.17. The summed E-state index contributed by atoms with van der Waals surface area (Å²) in [7, 11) is 2.01. The standard InChI is InChI=1S/C19H26N4O2/c1-22-12-21-17-6-14(4-5-18(17)22)9-20-15-7-16(8-15)23(11-19(24)25)10-13-2-3-13/h4-6,12-13,15-16,20H,2-3,7-11H2,1H3,(H,24,25). The number of aromatic nitrogens is 2. The molecule has 25 heavy (non-hydrogen) atoms. The van der Waals surface area contributed by atoms with Crippen molar-refractivity contribution in [3.05, 3.63) is 30.1 Å². The average molecular weight is 342 g/mol. The third kappa shape index (κ3) is 3.85. The lowest BCUT2D eigenvalue weighted by Gasteiger charge is -2.43. The number of imidazole rings is 1. The van der Waals surface area contributed by atoms with Gasteiger partial charge in [-0.1, -0.05) is 6.07 Å². The van der Waals surface area contributed by atoms with Gasteiger partial charge in [-0.05, 0) is 49.3 Å². The second-order valence-corrected chi connectivity index (χ2v) is 7.65. The summed E-state index contributed by atoms with van der Waals surface area (Å²) in [5, 5.41) is 12.7. The molecule has 0 amide bonds. The van der Waals surface area contributed by atoms with Gasteiger partial charge in [-0.3, -0.25) is 9.69 Å². The Morgan fingerprint density at radius 1 is 1.40 bits per heavy atom. The summed E-state index contributed by atoms with van der Waals surface area (Å²) in [5.74, 6) is 0.0252. The SMILES string of the molecule is Cn1cnc2cc(CNC3CC(N(CC(=O)O)CC4CC4)C3)ccc21. The van der Waals surface area contributed by atoms with Gasteiger partial charge < -0.3 is 15.0 Å². The number of fused-ring (bicyclic) bond motifs is 1. The van der Waals surface area contributed by atoms with E-state index in [2.05, 4.69) is 33.4 Å². The summed E-state index contributed by atoms with van der Waals surface area (Å²) in [6, 6.07) is 7.32. The highest BCUT2D eigenvalue weighted by atomic mass is 16.4. The number of carbonyl (C=O) groups is 1. The van der Waals surface area contributed by atoms with Crippen LogP contribution < -0.4 is 5.32 Å². The van der Waals surface area contributed by atoms with E-state index in [9.17, 15) is 4.79 Å². The van der Waals surface area contributed by atoms with Crippen LogP contribution in [-0.4, -0.2) is 50.7 Å². The van der Waals surface area contributed by atoms with Crippen LogP contribution >= 0.6 is 0 Å². The van der Waals surface area contributed by atoms with Crippen LogP contribution in [0.15, 0.2) is 24.5 Å². The van der Waals surface area contributed by atoms with Gasteiger partial charge in [0.05, 0.1) is 23.9 Å². The molecule has 134 valence electrons. The largest absolute Gasteiger partial charge is 0.480 e. The number of hydrogen-bond acceptors (Lipinski definition) is 4. The minimum Gasteiger partial charge on any atom is -0.480 e. The van der Waals surface area contributed by atoms with Gasteiger partial charge in [0.25, 0.3) is 0 Å². The van der Waals surface area contributed by atoms with Crippen molar-refractivity contribution in [2.75, 3.05) is 13.1 Å². The molecule has 6 nitrogen and oxygen atoms in total. The fourth-order valence-electron chi connectivity index (χ4n) is 3.75. The molecular formula is C19H26N4O2. The number of aryl methyl sites for hydroxylation is 1. The first-order chi connectivity index (χ1) is 12.1. The molecule has 0 unspecified atom stereocenters. The van der Waals surface area contributed by atoms with Crippen LogP contribution in [0.2, 0.25) is 0 Å². The molecule has 0 saturated heterocycles. The van der Waals surface area contributed by atoms with Crippen LogP contribution in [0.1, 0.15) is 31.2 Å². The molecule has 4 rings (SSSR count). The maximum absolute atomic E-state index is 11.1. The predicted octanol–water partition coefficient (Wildman–Crippen LogP) is 1.99. The molecule has 0 radical (unpaired) electrons. The Hall–Kier alpha value is -1.92. The Morgan fingerprint density at radius 3 is 2.92 bits per heavy atom. The van der Waals surface area contributed by atoms with Gasteiger partial charge in [-0.2, -0.15) is 0 Å². The van der Waals surface area contributed by atoms with E-state index < -0.39 is 5.97 Å². The molecule has 0 aliphatic heterocycles. The highest BCUT2D eigenvalue weighted by Crippen LogP contribution is 2.33. The summed E-state index contributed by atoms with van der Waals surface area (Å²) in [6.45, 7) is 1.98. The maximum atomic E-state index is 11.1. The van der Waals surface area contributed by atoms with Crippen molar-refractivity contribution in [1.29, 1.82) is 0 Å². The third-order valence-corrected chi connectivity index (χ3v) is 5.54. The smallest absolute Gasteiger partial charge is 0.317 e. The van der Waals surface area contributed by atoms with Crippen molar-refractivity contribution in [2.45, 2.75) is 44.3 Å². The molecule has 1 aromatic heterocycles. The lowest BCUT2D eigenvalue weighted by molar-refractivity contribution is -0.139. The van der Waals surface area contributed by atoms with Crippen molar-refractivity contribution in [2.24, 2.45) is 13.0 Å². The van der Waals surface area contributed by atoms with Crippen molar-refractivity contribution >= 4 is 17.0 Å². The Labute approximate surface area is 147 Å². The van der Waals surface area contributed by atoms with Crippen molar-refractivity contribution in [3.63, 3.8) is 0 Å². The molecule has 2 aliphatic rings. The van der Waals surface area contributed by atoms with Crippen LogP contribution in [0, 0.1) is 5.92 Å². The maximum Gasteiger partial charge on any atom is 0.317 e. The first kappa shape index (κ1) is 16.5. The quantitative estimate of drug-likeness (QED) is 0.768. The van der Waals surface area contributed by atoms with Crippen LogP contribution in [-0.2, 0) is 18.4 Å². The molecule has 6 heteroatoms. The molecule has 1 aromatic carbocycles. The summed E-state index contributed by atoms with van der Waals surface area (Å²) in [6.07, 6.45) is 6.47. The number of benzene rings is 1. The number of hydrogen-bond donors (Lipinski definition) is 2. The molecule has 1 heterocycles. The summed E-state index contributed by atoms with van der Waals surface area (Å²) in [5.41, 5.74) is 3.43. The van der Waals surface area contributed by atoms with Gasteiger partial charge in [0.15, 0.2) is 0 Å². The highest BCUT2D eigenvalue weighted by molar-refractivity contribution is 5.75. The van der Waals surface area contributed by atoms with E-state index in [1.807, 2.05) is 17.9 Å². The molecule has 2 aromatic rings. The van der Waals surface area contributed by atoms with Gasteiger partial charge in [0, 0.05) is 32.2 Å². The molecule has 2 N–H and O–H groups in total. The number of carboxylic acids is 1. The minimum absolute atomic E-state index is 0.185. The zero-order valence-electron chi connectivity index (χ0n) is 14.7. The molecule has 2 fully saturated rings. The van der Waals surface area contributed by atoms with E-state index in [0.717, 1.165) is 42.9 Å². The monoisotopic (exact) mass is 342 g/mol. The zero-order chi connectivity index (χ0) is 17.4. The predicted molar refractivity (Wildman–Crippen MR) is 96.3 cm³/mol. The number of carboxylic acid groups (broad SMARTS) is 1. The lowest BCUT2D eigenvalue weighted by Crippen LogP contribution is -2.54. The van der Waals surface area contributed by atoms with Crippen molar-refractivity contribution in [3.8, 4) is 0 Å². The Kier molecular flexibility index (Phi) is 4.48. The van der Waals surface area contributed by atoms with E-state index in [-0.39, 0.29) is 6.54 Å². The molecular weight excluding hydrogens is 316 g/mol. The van der Waals surface area contributed by atoms with E-state index in [1.165, 1.54) is 18.4 Å². The molecule has 2 aliphatic carbocycles. The summed E-state index contributed by atoms with van der Waals surface area (Å²) in [4.78, 5) is 17.7. The van der Waals surface area contributed by atoms with Crippen LogP contribution in [0.3, 0.4) is 0 Å². The van der Waals surface area contributed by atoms with E-state index in [4.69, 9.17) is 5.11 Å². The van der Waals surface area contributed by atoms with Crippen LogP contribution in [0.5, 0.6) is 0 Å². The third-order valence-electron chi connectivity index (χ3n) is 5.54. The second kappa shape index (κ2) is 6.77. The van der Waals surface area contributed by atoms with Crippen LogP contribution in [0.25, 0.3) is 11.0 Å². The van der Waals surface area contributed by atoms with Gasteiger partial charge in [0.2, 0.25) is 0 Å². The van der Waals surface area contributed by atoms with Gasteiger partial charge in [-0.25, -0.2) is 4.98 Å². The molecule has 0 spiro atoms. The van der Waals surface area contributed by atoms with E-state index in [1.54, 1.807) is 0 Å². The van der Waals surface area contributed by atoms with Gasteiger partial charge in [0.1, 0.15) is 0 Å². The van der Waals surface area contributed by atoms with E-state index in [0.29, 0.717) is 12.1 Å². The summed E-state index contributed by atoms with van der Waals surface area (Å²) < 4.78 is 2.03. The minimum atomic E-state index is -0.708. The van der Waals surface area contributed by atoms with Crippen molar-refractivity contribution in [1.82, 2.24) is 19.8 Å². The van der Waals surface area contributed by atoms with Crippen LogP contribution in [0.4, 0.5) is 0 Å². The molecule has 0 atom stereocenters. The highest BCUT2D eigenvalue weighted by Gasteiger charge is 2.36. The van der Waals surface area contributed by atoms with Gasteiger partial charge >= 0.3 is 5.97 Å². The fourth-order valence-corrected chi connectivity index (χ4v) is 3.75. The average Bonchev–Trinajstić information content (AvgIpc) is 3.27. The van der Waals surface area contributed by atoms with Gasteiger partial charge in [-0.15, -0.1) is 0 Å². The molecule has 0 bridgehead atoms. The first-order valence-electron chi connectivity index (χ1n) is 9.17.